The van der Waals surface area contributed by atoms with Crippen molar-refractivity contribution in [2.75, 3.05) is 13.3 Å². The van der Waals surface area contributed by atoms with E-state index in [9.17, 15) is 13.2 Å². The molecule has 0 heterocycles. The van der Waals surface area contributed by atoms with Crippen LogP contribution in [-0.4, -0.2) is 13.3 Å². The van der Waals surface area contributed by atoms with Crippen molar-refractivity contribution in [1.29, 1.82) is 5.26 Å². The molecule has 0 radical (unpaired) electrons. The van der Waals surface area contributed by atoms with Gasteiger partial charge >= 0.3 is 6.18 Å². The second kappa shape index (κ2) is 6.57. The van der Waals surface area contributed by atoms with Crippen LogP contribution >= 0.6 is 6.49 Å². The Hall–Kier alpha value is -1.09. The molecule has 0 fully saturated rings. The molecule has 0 aliphatic rings. The van der Waals surface area contributed by atoms with E-state index in [0.717, 1.165) is 18.6 Å². The summed E-state index contributed by atoms with van der Waals surface area (Å²) >= 11 is 5.11. The summed E-state index contributed by atoms with van der Waals surface area (Å²) in [6.45, 7) is 1.17. The van der Waals surface area contributed by atoms with Gasteiger partial charge in [0.2, 0.25) is 6.49 Å². The lowest BCUT2D eigenvalue weighted by atomic mass is 10.1. The molecule has 0 N–H and O–H groups in total. The quantitative estimate of drug-likeness (QED) is 0.757. The van der Waals surface area contributed by atoms with Gasteiger partial charge in [0.1, 0.15) is 5.75 Å². The number of hydrogen-bond donors (Lipinski definition) is 0. The number of alkyl halides is 3. The molecule has 20 heavy (non-hydrogen) atoms. The number of nitrogens with zero attached hydrogens (tertiary/aromatic N) is 1. The Labute approximate surface area is 120 Å². The van der Waals surface area contributed by atoms with Crippen LogP contribution in [-0.2, 0) is 22.5 Å². The summed E-state index contributed by atoms with van der Waals surface area (Å²) in [4.78, 5) is 0. The molecular weight excluding hydrogens is 310 g/mol. The van der Waals surface area contributed by atoms with Gasteiger partial charge in [0.05, 0.1) is 23.8 Å². The SMILES string of the molecule is CCCOP(C)(=S)Oc1ccc(C#N)c(C(F)(F)F)c1. The zero-order valence-corrected chi connectivity index (χ0v) is 12.6. The molecule has 0 aliphatic carbocycles. The lowest BCUT2D eigenvalue weighted by Crippen LogP contribution is -2.08. The monoisotopic (exact) mass is 323 g/mol. The van der Waals surface area contributed by atoms with Gasteiger partial charge in [0.25, 0.3) is 0 Å². The normalized spacial score (nSPS) is 14.4. The molecule has 1 atom stereocenters. The van der Waals surface area contributed by atoms with Crippen LogP contribution in [0.3, 0.4) is 0 Å². The molecule has 1 rings (SSSR count). The molecule has 0 spiro atoms. The minimum absolute atomic E-state index is 0.0433. The van der Waals surface area contributed by atoms with E-state index in [-0.39, 0.29) is 5.75 Å². The number of rotatable bonds is 5. The molecule has 1 unspecified atom stereocenters. The molecule has 110 valence electrons. The van der Waals surface area contributed by atoms with E-state index in [1.54, 1.807) is 6.66 Å². The van der Waals surface area contributed by atoms with Gasteiger partial charge in [-0.3, -0.25) is 0 Å². The smallest absolute Gasteiger partial charge is 0.417 e. The molecule has 0 aliphatic heterocycles. The predicted octanol–water partition coefficient (Wildman–Crippen LogP) is 4.32. The summed E-state index contributed by atoms with van der Waals surface area (Å²) in [7, 11) is 0. The zero-order chi connectivity index (χ0) is 15.4. The van der Waals surface area contributed by atoms with Gasteiger partial charge in [-0.25, -0.2) is 0 Å². The summed E-state index contributed by atoms with van der Waals surface area (Å²) in [6, 6.07) is 4.63. The first kappa shape index (κ1) is 17.0. The van der Waals surface area contributed by atoms with Crippen LogP contribution in [0.5, 0.6) is 5.75 Å². The van der Waals surface area contributed by atoms with E-state index in [1.807, 2.05) is 6.92 Å². The first-order valence-corrected chi connectivity index (χ1v) is 8.81. The Morgan fingerprint density at radius 3 is 2.55 bits per heavy atom. The number of hydrogen-bond acceptors (Lipinski definition) is 4. The molecule has 0 saturated heterocycles. The summed E-state index contributed by atoms with van der Waals surface area (Å²) in [5.74, 6) is -0.0433. The Morgan fingerprint density at radius 1 is 1.40 bits per heavy atom. The van der Waals surface area contributed by atoms with Gasteiger partial charge in [-0.2, -0.15) is 18.4 Å². The van der Waals surface area contributed by atoms with E-state index in [0.29, 0.717) is 6.61 Å². The summed E-state index contributed by atoms with van der Waals surface area (Å²) in [5, 5.41) is 8.69. The van der Waals surface area contributed by atoms with Crippen LogP contribution in [0.2, 0.25) is 0 Å². The van der Waals surface area contributed by atoms with Crippen molar-refractivity contribution in [1.82, 2.24) is 0 Å². The first-order chi connectivity index (χ1) is 9.19. The highest BCUT2D eigenvalue weighted by Crippen LogP contribution is 2.46. The summed E-state index contributed by atoms with van der Waals surface area (Å²) in [6.07, 6.45) is -3.89. The maximum atomic E-state index is 12.8. The highest BCUT2D eigenvalue weighted by Gasteiger charge is 2.34. The third-order valence-electron chi connectivity index (χ3n) is 2.22. The van der Waals surface area contributed by atoms with Crippen molar-refractivity contribution in [2.45, 2.75) is 19.5 Å². The largest absolute Gasteiger partial charge is 0.444 e. The fraction of sp³-hybridized carbons (Fsp3) is 0.417. The molecule has 1 aromatic rings. The second-order valence-electron chi connectivity index (χ2n) is 4.01. The molecule has 0 saturated carbocycles. The van der Waals surface area contributed by atoms with Crippen molar-refractivity contribution in [2.24, 2.45) is 0 Å². The topological polar surface area (TPSA) is 42.2 Å². The van der Waals surface area contributed by atoms with Crippen LogP contribution < -0.4 is 4.52 Å². The first-order valence-electron chi connectivity index (χ1n) is 5.72. The predicted molar refractivity (Wildman–Crippen MR) is 73.2 cm³/mol. The second-order valence-corrected chi connectivity index (χ2v) is 7.99. The van der Waals surface area contributed by atoms with Crippen LogP contribution in [0.25, 0.3) is 0 Å². The average molecular weight is 323 g/mol. The van der Waals surface area contributed by atoms with Crippen molar-refractivity contribution in [3.05, 3.63) is 29.3 Å². The lowest BCUT2D eigenvalue weighted by molar-refractivity contribution is -0.137. The fourth-order valence-corrected chi connectivity index (χ4v) is 2.93. The molecule has 3 nitrogen and oxygen atoms in total. The molecule has 8 heteroatoms. The van der Waals surface area contributed by atoms with Crippen molar-refractivity contribution in [3.8, 4) is 11.8 Å². The number of benzene rings is 1. The molecule has 1 aromatic carbocycles. The Balaban J connectivity index is 3.05. The van der Waals surface area contributed by atoms with Gasteiger partial charge in [-0.05, 0) is 36.4 Å². The molecular formula is C12H13F3NO2PS. The summed E-state index contributed by atoms with van der Waals surface area (Å²) < 4.78 is 49.0. The highest BCUT2D eigenvalue weighted by atomic mass is 32.5. The molecule has 0 aromatic heterocycles. The van der Waals surface area contributed by atoms with Crippen molar-refractivity contribution >= 4 is 18.3 Å². The van der Waals surface area contributed by atoms with Crippen LogP contribution in [0.15, 0.2) is 18.2 Å². The van der Waals surface area contributed by atoms with E-state index >= 15 is 0 Å². The van der Waals surface area contributed by atoms with Gasteiger partial charge in [-0.1, -0.05) is 6.92 Å². The van der Waals surface area contributed by atoms with Crippen molar-refractivity contribution in [3.63, 3.8) is 0 Å². The van der Waals surface area contributed by atoms with E-state index in [1.165, 1.54) is 12.1 Å². The zero-order valence-electron chi connectivity index (χ0n) is 10.9. The third-order valence-corrected chi connectivity index (χ3v) is 3.95. The Morgan fingerprint density at radius 2 is 2.05 bits per heavy atom. The maximum Gasteiger partial charge on any atom is 0.417 e. The van der Waals surface area contributed by atoms with Gasteiger partial charge < -0.3 is 9.05 Å². The minimum Gasteiger partial charge on any atom is -0.444 e. The lowest BCUT2D eigenvalue weighted by Gasteiger charge is -2.19. The molecule has 0 bridgehead atoms. The fourth-order valence-electron chi connectivity index (χ4n) is 1.39. The third kappa shape index (κ3) is 4.78. The molecule has 0 amide bonds. The minimum atomic E-state index is -4.62. The Bertz CT molecular complexity index is 569. The van der Waals surface area contributed by atoms with Gasteiger partial charge in [0, 0.05) is 6.66 Å². The van der Waals surface area contributed by atoms with Crippen molar-refractivity contribution < 1.29 is 22.2 Å². The average Bonchev–Trinajstić information content (AvgIpc) is 2.35. The van der Waals surface area contributed by atoms with E-state index in [4.69, 9.17) is 26.1 Å². The van der Waals surface area contributed by atoms with Gasteiger partial charge in [0.15, 0.2) is 0 Å². The summed E-state index contributed by atoms with van der Waals surface area (Å²) in [5.41, 5.74) is -1.49. The van der Waals surface area contributed by atoms with Crippen LogP contribution in [0.4, 0.5) is 13.2 Å². The van der Waals surface area contributed by atoms with Crippen LogP contribution in [0, 0.1) is 11.3 Å². The maximum absolute atomic E-state index is 12.8. The highest BCUT2D eigenvalue weighted by molar-refractivity contribution is 8.09. The number of nitriles is 1. The number of halogens is 3. The van der Waals surface area contributed by atoms with E-state index < -0.39 is 23.8 Å². The standard InChI is InChI=1S/C12H13F3NO2PS/c1-3-6-17-19(2,20)18-10-5-4-9(8-16)11(7-10)12(13,14)15/h4-5,7H,3,6H2,1-2H3. The van der Waals surface area contributed by atoms with Gasteiger partial charge in [-0.15, -0.1) is 0 Å². The Kier molecular flexibility index (Phi) is 5.58. The van der Waals surface area contributed by atoms with E-state index in [2.05, 4.69) is 0 Å². The van der Waals surface area contributed by atoms with Crippen LogP contribution in [0.1, 0.15) is 24.5 Å².